The van der Waals surface area contributed by atoms with Gasteiger partial charge in [0.05, 0.1) is 22.4 Å². The van der Waals surface area contributed by atoms with Crippen LogP contribution in [0.25, 0.3) is 87.8 Å². The lowest BCUT2D eigenvalue weighted by Gasteiger charge is -2.14. The van der Waals surface area contributed by atoms with Crippen LogP contribution in [0.3, 0.4) is 0 Å². The van der Waals surface area contributed by atoms with Crippen LogP contribution in [-0.2, 0) is 0 Å². The van der Waals surface area contributed by atoms with E-state index in [1.165, 1.54) is 32.3 Å². The minimum atomic E-state index is 0.913. The van der Waals surface area contributed by atoms with Crippen LogP contribution >= 0.6 is 0 Å². The molecule has 0 atom stereocenters. The van der Waals surface area contributed by atoms with Crippen LogP contribution in [0, 0.1) is 0 Å². The largest absolute Gasteiger partial charge is 0.264 e. The van der Waals surface area contributed by atoms with Gasteiger partial charge in [0.1, 0.15) is 0 Å². The fourth-order valence-electron chi connectivity index (χ4n) is 6.43. The molecule has 9 aromatic rings. The van der Waals surface area contributed by atoms with Crippen molar-refractivity contribution in [2.24, 2.45) is 0 Å². The van der Waals surface area contributed by atoms with Gasteiger partial charge in [-0.05, 0) is 62.1 Å². The first kappa shape index (κ1) is 23.1. The third-order valence-electron chi connectivity index (χ3n) is 8.48. The van der Waals surface area contributed by atoms with Gasteiger partial charge < -0.3 is 0 Å². The summed E-state index contributed by atoms with van der Waals surface area (Å²) in [4.78, 5) is 14.8. The highest BCUT2D eigenvalue weighted by Crippen LogP contribution is 2.39. The van der Waals surface area contributed by atoms with Gasteiger partial charge in [-0.2, -0.15) is 0 Å². The Labute approximate surface area is 242 Å². The third-order valence-corrected chi connectivity index (χ3v) is 8.48. The molecule has 0 spiro atoms. The normalized spacial score (nSPS) is 11.8. The van der Waals surface area contributed by atoms with Crippen LogP contribution in [0.5, 0.6) is 0 Å². The van der Waals surface area contributed by atoms with E-state index >= 15 is 0 Å². The summed E-state index contributed by atoms with van der Waals surface area (Å²) < 4.78 is 0. The van der Waals surface area contributed by atoms with Gasteiger partial charge in [-0.1, -0.05) is 103 Å². The first-order valence-electron chi connectivity index (χ1n) is 14.2. The molecule has 0 aliphatic heterocycles. The quantitative estimate of drug-likeness (QED) is 0.212. The Hall–Kier alpha value is -5.67. The predicted octanol–water partition coefficient (Wildman–Crippen LogP) is 10.1. The molecule has 0 bridgehead atoms. The molecule has 0 saturated carbocycles. The molecule has 0 radical (unpaired) electrons. The minimum absolute atomic E-state index is 0.913. The molecular formula is C39H23N3. The lowest BCUT2D eigenvalue weighted by molar-refractivity contribution is 1.33. The number of hydrogen-bond acceptors (Lipinski definition) is 3. The number of aromatic nitrogens is 3. The predicted molar refractivity (Wildman–Crippen MR) is 175 cm³/mol. The standard InChI is InChI=1S/C39H23N3/c1-4-24-9-10-26-13-17-32(33-18-14-25(5-1)36(24)37(26)33)35-20-16-28-12-11-27-15-19-34(41-38(27)39(28)42-35)30-7-2-6-29(22-30)31-8-3-21-40-23-31/h1-23H. The second-order valence-corrected chi connectivity index (χ2v) is 10.9. The summed E-state index contributed by atoms with van der Waals surface area (Å²) in [5, 5.41) is 9.80. The monoisotopic (exact) mass is 533 g/mol. The molecule has 0 fully saturated rings. The van der Waals surface area contributed by atoms with E-state index in [0.29, 0.717) is 0 Å². The number of rotatable bonds is 3. The van der Waals surface area contributed by atoms with E-state index < -0.39 is 0 Å². The van der Waals surface area contributed by atoms with Gasteiger partial charge in [-0.15, -0.1) is 0 Å². The van der Waals surface area contributed by atoms with Crippen molar-refractivity contribution in [3.8, 4) is 33.6 Å². The summed E-state index contributed by atoms with van der Waals surface area (Å²) in [5.41, 5.74) is 8.13. The number of hydrogen-bond donors (Lipinski definition) is 0. The van der Waals surface area contributed by atoms with Crippen LogP contribution < -0.4 is 0 Å². The van der Waals surface area contributed by atoms with Crippen molar-refractivity contribution in [3.05, 3.63) is 140 Å². The van der Waals surface area contributed by atoms with Gasteiger partial charge in [0.15, 0.2) is 0 Å². The van der Waals surface area contributed by atoms with E-state index in [1.807, 2.05) is 12.3 Å². The summed E-state index contributed by atoms with van der Waals surface area (Å²) in [7, 11) is 0. The summed E-state index contributed by atoms with van der Waals surface area (Å²) in [6.45, 7) is 0. The van der Waals surface area contributed by atoms with Gasteiger partial charge >= 0.3 is 0 Å². The summed E-state index contributed by atoms with van der Waals surface area (Å²) in [6.07, 6.45) is 3.69. The van der Waals surface area contributed by atoms with Crippen molar-refractivity contribution in [3.63, 3.8) is 0 Å². The summed E-state index contributed by atoms with van der Waals surface area (Å²) in [5.74, 6) is 0. The molecule has 0 N–H and O–H groups in total. The molecular weight excluding hydrogens is 510 g/mol. The fraction of sp³-hybridized carbons (Fsp3) is 0. The van der Waals surface area contributed by atoms with Crippen molar-refractivity contribution in [1.82, 2.24) is 15.0 Å². The van der Waals surface area contributed by atoms with E-state index in [2.05, 4.69) is 126 Å². The van der Waals surface area contributed by atoms with Crippen LogP contribution in [0.15, 0.2) is 140 Å². The summed E-state index contributed by atoms with van der Waals surface area (Å²) >= 11 is 0. The fourth-order valence-corrected chi connectivity index (χ4v) is 6.43. The average Bonchev–Trinajstić information content (AvgIpc) is 3.07. The van der Waals surface area contributed by atoms with Gasteiger partial charge in [0, 0.05) is 39.9 Å². The maximum absolute atomic E-state index is 5.29. The maximum Gasteiger partial charge on any atom is 0.0972 e. The number of benzene rings is 6. The van der Waals surface area contributed by atoms with Gasteiger partial charge in [-0.3, -0.25) is 4.98 Å². The Kier molecular flexibility index (Phi) is 4.90. The van der Waals surface area contributed by atoms with E-state index in [1.54, 1.807) is 6.20 Å². The van der Waals surface area contributed by atoms with E-state index in [9.17, 15) is 0 Å². The van der Waals surface area contributed by atoms with Crippen LogP contribution in [0.4, 0.5) is 0 Å². The topological polar surface area (TPSA) is 38.7 Å². The lowest BCUT2D eigenvalue weighted by atomic mass is 9.91. The molecule has 3 aromatic heterocycles. The highest BCUT2D eigenvalue weighted by molar-refractivity contribution is 6.25. The van der Waals surface area contributed by atoms with Crippen molar-refractivity contribution in [2.75, 3.05) is 0 Å². The lowest BCUT2D eigenvalue weighted by Crippen LogP contribution is -1.92. The Balaban J connectivity index is 1.24. The molecule has 3 heterocycles. The third kappa shape index (κ3) is 3.50. The van der Waals surface area contributed by atoms with Crippen molar-refractivity contribution in [1.29, 1.82) is 0 Å². The molecule has 0 unspecified atom stereocenters. The van der Waals surface area contributed by atoms with Crippen molar-refractivity contribution in [2.45, 2.75) is 0 Å². The SMILES string of the molecule is c1cncc(-c2cccc(-c3ccc4ccc5ccc(-c6ccc7ccc8cccc9ccc6c7c89)nc5c4n3)c2)c1. The first-order chi connectivity index (χ1) is 20.8. The second kappa shape index (κ2) is 8.92. The highest BCUT2D eigenvalue weighted by atomic mass is 14.8. The zero-order valence-electron chi connectivity index (χ0n) is 22.6. The van der Waals surface area contributed by atoms with Gasteiger partial charge in [0.2, 0.25) is 0 Å². The van der Waals surface area contributed by atoms with E-state index in [4.69, 9.17) is 9.97 Å². The summed E-state index contributed by atoms with van der Waals surface area (Å²) in [6, 6.07) is 45.3. The smallest absolute Gasteiger partial charge is 0.0972 e. The number of fused-ring (bicyclic) bond motifs is 3. The van der Waals surface area contributed by atoms with Crippen molar-refractivity contribution < 1.29 is 0 Å². The Morgan fingerprint density at radius 1 is 0.405 bits per heavy atom. The molecule has 194 valence electrons. The zero-order valence-corrected chi connectivity index (χ0v) is 22.6. The van der Waals surface area contributed by atoms with Gasteiger partial charge in [-0.25, -0.2) is 9.97 Å². The number of pyridine rings is 3. The zero-order chi connectivity index (χ0) is 27.6. The van der Waals surface area contributed by atoms with Crippen LogP contribution in [0.1, 0.15) is 0 Å². The molecule has 9 rings (SSSR count). The molecule has 0 saturated heterocycles. The van der Waals surface area contributed by atoms with Crippen molar-refractivity contribution >= 4 is 54.1 Å². The number of nitrogens with zero attached hydrogens (tertiary/aromatic N) is 3. The maximum atomic E-state index is 5.29. The molecule has 0 aliphatic rings. The van der Waals surface area contributed by atoms with E-state index in [0.717, 1.165) is 55.4 Å². The van der Waals surface area contributed by atoms with Gasteiger partial charge in [0.25, 0.3) is 0 Å². The molecule has 42 heavy (non-hydrogen) atoms. The highest BCUT2D eigenvalue weighted by Gasteiger charge is 2.14. The molecule has 0 amide bonds. The Morgan fingerprint density at radius 2 is 1.00 bits per heavy atom. The first-order valence-corrected chi connectivity index (χ1v) is 14.2. The van der Waals surface area contributed by atoms with Crippen LogP contribution in [-0.4, -0.2) is 15.0 Å². The Morgan fingerprint density at radius 3 is 1.79 bits per heavy atom. The minimum Gasteiger partial charge on any atom is -0.264 e. The molecule has 6 aromatic carbocycles. The second-order valence-electron chi connectivity index (χ2n) is 10.9. The average molecular weight is 534 g/mol. The van der Waals surface area contributed by atoms with Crippen LogP contribution in [0.2, 0.25) is 0 Å². The molecule has 3 nitrogen and oxygen atoms in total. The molecule has 0 aliphatic carbocycles. The van der Waals surface area contributed by atoms with E-state index in [-0.39, 0.29) is 0 Å². The molecule has 3 heteroatoms. The Bertz CT molecular complexity index is 2450.